The van der Waals surface area contributed by atoms with Crippen molar-refractivity contribution in [2.24, 2.45) is 0 Å². The van der Waals surface area contributed by atoms with Crippen molar-refractivity contribution in [3.05, 3.63) is 58.3 Å². The van der Waals surface area contributed by atoms with Gasteiger partial charge in [0.2, 0.25) is 0 Å². The fraction of sp³-hybridized carbons (Fsp3) is 0.294. The predicted octanol–water partition coefficient (Wildman–Crippen LogP) is 3.88. The van der Waals surface area contributed by atoms with Crippen molar-refractivity contribution in [2.75, 3.05) is 5.32 Å². The van der Waals surface area contributed by atoms with Crippen molar-refractivity contribution in [2.45, 2.75) is 33.7 Å². The average molecular weight is 284 g/mol. The third kappa shape index (κ3) is 3.21. The molecule has 2 aromatic rings. The Morgan fingerprint density at radius 1 is 1.19 bits per heavy atom. The van der Waals surface area contributed by atoms with Gasteiger partial charge < -0.3 is 10.4 Å². The minimum Gasteiger partial charge on any atom is -0.478 e. The maximum atomic E-state index is 11.5. The van der Waals surface area contributed by atoms with Gasteiger partial charge in [0, 0.05) is 5.69 Å². The average Bonchev–Trinajstić information content (AvgIpc) is 2.37. The first-order valence-corrected chi connectivity index (χ1v) is 6.93. The lowest BCUT2D eigenvalue weighted by molar-refractivity contribution is 0.0696. The molecule has 21 heavy (non-hydrogen) atoms. The molecule has 1 heterocycles. The summed E-state index contributed by atoms with van der Waals surface area (Å²) in [5.74, 6) is -0.532. The molecular weight excluding hydrogens is 264 g/mol. The van der Waals surface area contributed by atoms with Crippen molar-refractivity contribution in [1.82, 2.24) is 4.98 Å². The summed E-state index contributed by atoms with van der Waals surface area (Å²) in [7, 11) is 0. The summed E-state index contributed by atoms with van der Waals surface area (Å²) in [6.07, 6.45) is 0. The Labute approximate surface area is 124 Å². The Bertz CT molecular complexity index is 680. The Morgan fingerprint density at radius 2 is 1.86 bits per heavy atom. The highest BCUT2D eigenvalue weighted by Crippen LogP contribution is 2.25. The topological polar surface area (TPSA) is 62.2 Å². The van der Waals surface area contributed by atoms with E-state index in [0.29, 0.717) is 5.82 Å². The molecule has 0 aliphatic heterocycles. The smallest absolute Gasteiger partial charge is 0.339 e. The molecule has 4 heteroatoms. The molecule has 110 valence electrons. The summed E-state index contributed by atoms with van der Waals surface area (Å²) in [6, 6.07) is 9.82. The van der Waals surface area contributed by atoms with Crippen LogP contribution in [0.4, 0.5) is 5.82 Å². The third-order valence-electron chi connectivity index (χ3n) is 3.57. The summed E-state index contributed by atoms with van der Waals surface area (Å²) in [4.78, 5) is 15.8. The largest absolute Gasteiger partial charge is 0.478 e. The van der Waals surface area contributed by atoms with E-state index < -0.39 is 5.97 Å². The molecule has 0 bridgehead atoms. The normalized spacial score (nSPS) is 12.0. The molecule has 4 nitrogen and oxygen atoms in total. The summed E-state index contributed by atoms with van der Waals surface area (Å²) in [5, 5.41) is 12.6. The van der Waals surface area contributed by atoms with Crippen LogP contribution >= 0.6 is 0 Å². The zero-order valence-corrected chi connectivity index (χ0v) is 12.8. The molecule has 0 spiro atoms. The molecule has 0 fully saturated rings. The summed E-state index contributed by atoms with van der Waals surface area (Å²) in [5.41, 5.74) is 4.06. The molecule has 1 aromatic carbocycles. The molecule has 1 atom stereocenters. The van der Waals surface area contributed by atoms with Crippen LogP contribution in [-0.4, -0.2) is 16.1 Å². The minimum atomic E-state index is -0.959. The highest BCUT2D eigenvalue weighted by Gasteiger charge is 2.18. The van der Waals surface area contributed by atoms with Gasteiger partial charge in [0.05, 0.1) is 6.04 Å². The SMILES string of the molecule is Cc1cc(C)c(C(=O)O)c(NC(C)c2ccccc2C)n1. The number of hydrogen-bond acceptors (Lipinski definition) is 3. The second-order valence-corrected chi connectivity index (χ2v) is 5.33. The Balaban J connectivity index is 2.40. The zero-order chi connectivity index (χ0) is 15.6. The molecule has 2 rings (SSSR count). The van der Waals surface area contributed by atoms with Crippen molar-refractivity contribution >= 4 is 11.8 Å². The van der Waals surface area contributed by atoms with Gasteiger partial charge in [-0.2, -0.15) is 0 Å². The number of benzene rings is 1. The number of carbonyl (C=O) groups is 1. The number of carboxylic acids is 1. The van der Waals surface area contributed by atoms with Crippen LogP contribution in [-0.2, 0) is 0 Å². The summed E-state index contributed by atoms with van der Waals surface area (Å²) < 4.78 is 0. The van der Waals surface area contributed by atoms with Crippen molar-refractivity contribution in [1.29, 1.82) is 0 Å². The quantitative estimate of drug-likeness (QED) is 0.894. The van der Waals surface area contributed by atoms with Crippen LogP contribution in [0.2, 0.25) is 0 Å². The minimum absolute atomic E-state index is 0.0157. The van der Waals surface area contributed by atoms with E-state index in [4.69, 9.17) is 0 Å². The van der Waals surface area contributed by atoms with Crippen LogP contribution in [0.25, 0.3) is 0 Å². The first kappa shape index (κ1) is 15.0. The Kier molecular flexibility index (Phi) is 4.26. The molecule has 0 radical (unpaired) electrons. The number of anilines is 1. The maximum Gasteiger partial charge on any atom is 0.339 e. The van der Waals surface area contributed by atoms with E-state index in [9.17, 15) is 9.90 Å². The number of carboxylic acid groups (broad SMARTS) is 1. The number of hydrogen-bond donors (Lipinski definition) is 2. The van der Waals surface area contributed by atoms with E-state index in [2.05, 4.69) is 10.3 Å². The maximum absolute atomic E-state index is 11.5. The Morgan fingerprint density at radius 3 is 2.48 bits per heavy atom. The van der Waals surface area contributed by atoms with Gasteiger partial charge in [-0.25, -0.2) is 9.78 Å². The van der Waals surface area contributed by atoms with Crippen molar-refractivity contribution in [3.63, 3.8) is 0 Å². The molecule has 0 saturated carbocycles. The van der Waals surface area contributed by atoms with Crippen LogP contribution in [0.3, 0.4) is 0 Å². The number of rotatable bonds is 4. The van der Waals surface area contributed by atoms with Crippen LogP contribution in [0.1, 0.15) is 45.7 Å². The van der Waals surface area contributed by atoms with E-state index >= 15 is 0 Å². The van der Waals surface area contributed by atoms with Gasteiger partial charge in [0.1, 0.15) is 11.4 Å². The number of aromatic nitrogens is 1. The lowest BCUT2D eigenvalue weighted by Crippen LogP contribution is -2.15. The predicted molar refractivity (Wildman–Crippen MR) is 83.9 cm³/mol. The van der Waals surface area contributed by atoms with Gasteiger partial charge in [-0.05, 0) is 50.5 Å². The monoisotopic (exact) mass is 284 g/mol. The lowest BCUT2D eigenvalue weighted by Gasteiger charge is -2.19. The van der Waals surface area contributed by atoms with E-state index in [-0.39, 0.29) is 11.6 Å². The van der Waals surface area contributed by atoms with E-state index in [1.807, 2.05) is 45.0 Å². The number of nitrogens with zero attached hydrogens (tertiary/aromatic N) is 1. The van der Waals surface area contributed by atoms with Crippen LogP contribution in [0, 0.1) is 20.8 Å². The zero-order valence-electron chi connectivity index (χ0n) is 12.8. The standard InChI is InChI=1S/C17H20N2O2/c1-10-7-5-6-8-14(10)13(4)19-16-15(17(20)21)11(2)9-12(3)18-16/h5-9,13H,1-4H3,(H,18,19)(H,20,21). The number of aryl methyl sites for hydroxylation is 3. The highest BCUT2D eigenvalue weighted by molar-refractivity contribution is 5.94. The van der Waals surface area contributed by atoms with E-state index in [1.165, 1.54) is 5.56 Å². The van der Waals surface area contributed by atoms with Gasteiger partial charge in [-0.3, -0.25) is 0 Å². The first-order chi connectivity index (χ1) is 9.90. The van der Waals surface area contributed by atoms with E-state index in [1.54, 1.807) is 13.0 Å². The molecule has 1 aromatic heterocycles. The first-order valence-electron chi connectivity index (χ1n) is 6.93. The molecule has 0 aliphatic carbocycles. The van der Waals surface area contributed by atoms with Gasteiger partial charge in [0.15, 0.2) is 0 Å². The molecule has 0 aliphatic rings. The van der Waals surface area contributed by atoms with Gasteiger partial charge in [0.25, 0.3) is 0 Å². The van der Waals surface area contributed by atoms with Gasteiger partial charge in [-0.1, -0.05) is 24.3 Å². The number of nitrogens with one attached hydrogen (secondary N) is 1. The fourth-order valence-corrected chi connectivity index (χ4v) is 2.57. The second kappa shape index (κ2) is 5.95. The number of aromatic carboxylic acids is 1. The van der Waals surface area contributed by atoms with Crippen LogP contribution in [0.15, 0.2) is 30.3 Å². The van der Waals surface area contributed by atoms with Crippen LogP contribution < -0.4 is 5.32 Å². The lowest BCUT2D eigenvalue weighted by atomic mass is 10.0. The third-order valence-corrected chi connectivity index (χ3v) is 3.57. The fourth-order valence-electron chi connectivity index (χ4n) is 2.57. The van der Waals surface area contributed by atoms with Crippen LogP contribution in [0.5, 0.6) is 0 Å². The van der Waals surface area contributed by atoms with E-state index in [0.717, 1.165) is 16.8 Å². The molecule has 1 unspecified atom stereocenters. The van der Waals surface area contributed by atoms with Crippen molar-refractivity contribution < 1.29 is 9.90 Å². The summed E-state index contributed by atoms with van der Waals surface area (Å²) in [6.45, 7) is 7.71. The van der Waals surface area contributed by atoms with Gasteiger partial charge >= 0.3 is 5.97 Å². The highest BCUT2D eigenvalue weighted by atomic mass is 16.4. The molecule has 2 N–H and O–H groups in total. The molecule has 0 saturated heterocycles. The van der Waals surface area contributed by atoms with Crippen molar-refractivity contribution in [3.8, 4) is 0 Å². The number of pyridine rings is 1. The second-order valence-electron chi connectivity index (χ2n) is 5.33. The molecule has 0 amide bonds. The summed E-state index contributed by atoms with van der Waals surface area (Å²) >= 11 is 0. The van der Waals surface area contributed by atoms with Gasteiger partial charge in [-0.15, -0.1) is 0 Å². The Hall–Kier alpha value is -2.36. The molecular formula is C17H20N2O2.